The Hall–Kier alpha value is -2.40. The van der Waals surface area contributed by atoms with Crippen molar-refractivity contribution in [1.29, 1.82) is 0 Å². The monoisotopic (exact) mass is 431 g/mol. The Labute approximate surface area is 176 Å². The highest BCUT2D eigenvalue weighted by Crippen LogP contribution is 2.54. The standard InChI is InChI=1S/C20H25N5O4S/c26-20(22-15-5-6-15)21-14-3-1-13(2-4-14)18-23-17-12-30(27,28)11-16(17)19(24-18)25-7-9-29-10-8-25/h1-4,15,27-28H,5-12H2,(H2,21,22,26). The number of fused-ring (bicyclic) bond motifs is 1. The average Bonchev–Trinajstić information content (AvgIpc) is 3.47. The summed E-state index contributed by atoms with van der Waals surface area (Å²) in [6.07, 6.45) is 2.08. The van der Waals surface area contributed by atoms with Gasteiger partial charge < -0.3 is 20.3 Å². The summed E-state index contributed by atoms with van der Waals surface area (Å²) in [5.41, 5.74) is 3.03. The van der Waals surface area contributed by atoms with Gasteiger partial charge in [-0.25, -0.2) is 14.8 Å². The molecule has 9 nitrogen and oxygen atoms in total. The van der Waals surface area contributed by atoms with Crippen LogP contribution in [0, 0.1) is 0 Å². The van der Waals surface area contributed by atoms with Crippen molar-refractivity contribution in [2.75, 3.05) is 36.5 Å². The fourth-order valence-corrected chi connectivity index (χ4v) is 5.27. The van der Waals surface area contributed by atoms with Gasteiger partial charge in [0.1, 0.15) is 5.82 Å². The number of carbonyl (C=O) groups excluding carboxylic acids is 1. The molecule has 1 aliphatic carbocycles. The van der Waals surface area contributed by atoms with Crippen LogP contribution in [0.4, 0.5) is 16.3 Å². The number of anilines is 2. The van der Waals surface area contributed by atoms with Crippen LogP contribution in [-0.2, 0) is 16.2 Å². The Morgan fingerprint density at radius 2 is 1.83 bits per heavy atom. The highest BCUT2D eigenvalue weighted by molar-refractivity contribution is 8.23. The number of ether oxygens (including phenoxy) is 1. The molecule has 160 valence electrons. The number of hydrogen-bond acceptors (Lipinski definition) is 7. The summed E-state index contributed by atoms with van der Waals surface area (Å²) in [7, 11) is -2.71. The van der Waals surface area contributed by atoms with Crippen LogP contribution in [0.1, 0.15) is 24.1 Å². The maximum atomic E-state index is 11.9. The molecule has 1 saturated carbocycles. The molecule has 0 bridgehead atoms. The van der Waals surface area contributed by atoms with Gasteiger partial charge in [-0.2, -0.15) is 10.6 Å². The minimum Gasteiger partial charge on any atom is -0.378 e. The summed E-state index contributed by atoms with van der Waals surface area (Å²) in [6, 6.07) is 7.48. The summed E-state index contributed by atoms with van der Waals surface area (Å²) in [6.45, 7) is 2.66. The van der Waals surface area contributed by atoms with Gasteiger partial charge in [0.2, 0.25) is 0 Å². The molecule has 0 radical (unpaired) electrons. The van der Waals surface area contributed by atoms with Crippen LogP contribution in [0.2, 0.25) is 0 Å². The molecule has 2 amide bonds. The van der Waals surface area contributed by atoms with Crippen LogP contribution in [-0.4, -0.2) is 57.4 Å². The predicted octanol–water partition coefficient (Wildman–Crippen LogP) is 3.03. The summed E-state index contributed by atoms with van der Waals surface area (Å²) in [5, 5.41) is 5.72. The second kappa shape index (κ2) is 7.69. The Balaban J connectivity index is 1.41. The number of urea groups is 1. The zero-order valence-corrected chi connectivity index (χ0v) is 17.3. The topological polar surface area (TPSA) is 120 Å². The van der Waals surface area contributed by atoms with E-state index in [1.165, 1.54) is 0 Å². The maximum absolute atomic E-state index is 11.9. The number of benzene rings is 1. The van der Waals surface area contributed by atoms with E-state index in [-0.39, 0.29) is 17.5 Å². The van der Waals surface area contributed by atoms with Crippen LogP contribution in [0.15, 0.2) is 24.3 Å². The molecule has 1 aromatic heterocycles. The van der Waals surface area contributed by atoms with Crippen molar-refractivity contribution in [1.82, 2.24) is 15.3 Å². The maximum Gasteiger partial charge on any atom is 0.319 e. The first kappa shape index (κ1) is 19.6. The smallest absolute Gasteiger partial charge is 0.319 e. The lowest BCUT2D eigenvalue weighted by Crippen LogP contribution is -2.37. The van der Waals surface area contributed by atoms with Crippen molar-refractivity contribution in [2.45, 2.75) is 30.4 Å². The Morgan fingerprint density at radius 1 is 1.10 bits per heavy atom. The molecular formula is C20H25N5O4S. The van der Waals surface area contributed by atoms with E-state index in [0.29, 0.717) is 49.6 Å². The van der Waals surface area contributed by atoms with Gasteiger partial charge >= 0.3 is 6.03 Å². The molecule has 0 atom stereocenters. The molecule has 0 spiro atoms. The van der Waals surface area contributed by atoms with Gasteiger partial charge in [-0.1, -0.05) is 0 Å². The third-order valence-electron chi connectivity index (χ3n) is 5.44. The largest absolute Gasteiger partial charge is 0.378 e. The SMILES string of the molecule is O=C(Nc1ccc(-c2nc3c(c(N4CCOCC4)n2)CS(O)(O)C3)cc1)NC1CC1. The van der Waals surface area contributed by atoms with Gasteiger partial charge in [0, 0.05) is 35.9 Å². The summed E-state index contributed by atoms with van der Waals surface area (Å²) in [4.78, 5) is 23.5. The number of aromatic nitrogens is 2. The van der Waals surface area contributed by atoms with E-state index in [0.717, 1.165) is 29.8 Å². The van der Waals surface area contributed by atoms with Crippen molar-refractivity contribution in [3.05, 3.63) is 35.5 Å². The third-order valence-corrected chi connectivity index (χ3v) is 6.93. The second-order valence-electron chi connectivity index (χ2n) is 7.94. The number of morpholine rings is 1. The number of amides is 2. The van der Waals surface area contributed by atoms with E-state index in [1.54, 1.807) is 0 Å². The van der Waals surface area contributed by atoms with Crippen molar-refractivity contribution >= 4 is 28.1 Å². The highest BCUT2D eigenvalue weighted by Gasteiger charge is 2.32. The van der Waals surface area contributed by atoms with Crippen LogP contribution < -0.4 is 15.5 Å². The van der Waals surface area contributed by atoms with Gasteiger partial charge in [-0.05, 0) is 37.1 Å². The second-order valence-corrected chi connectivity index (χ2v) is 10.1. The molecule has 4 N–H and O–H groups in total. The summed E-state index contributed by atoms with van der Waals surface area (Å²) in [5.74, 6) is 1.67. The third kappa shape index (κ3) is 4.22. The molecule has 3 aliphatic rings. The van der Waals surface area contributed by atoms with E-state index in [4.69, 9.17) is 9.72 Å². The van der Waals surface area contributed by atoms with Gasteiger partial charge in [0.05, 0.1) is 30.4 Å². The minimum absolute atomic E-state index is 0.163. The van der Waals surface area contributed by atoms with Crippen molar-refractivity contribution < 1.29 is 18.6 Å². The van der Waals surface area contributed by atoms with E-state index in [2.05, 4.69) is 20.5 Å². The molecule has 30 heavy (non-hydrogen) atoms. The molecule has 5 rings (SSSR count). The normalized spacial score (nSPS) is 21.1. The highest BCUT2D eigenvalue weighted by atomic mass is 32.3. The van der Waals surface area contributed by atoms with E-state index < -0.39 is 10.6 Å². The molecule has 1 saturated heterocycles. The lowest BCUT2D eigenvalue weighted by Gasteiger charge is -2.30. The molecular weight excluding hydrogens is 406 g/mol. The Morgan fingerprint density at radius 3 is 2.53 bits per heavy atom. The minimum atomic E-state index is -2.71. The van der Waals surface area contributed by atoms with Gasteiger partial charge in [-0.3, -0.25) is 9.11 Å². The van der Waals surface area contributed by atoms with Gasteiger partial charge in [-0.15, -0.1) is 0 Å². The number of carbonyl (C=O) groups is 1. The Kier molecular flexibility index (Phi) is 5.02. The van der Waals surface area contributed by atoms with Gasteiger partial charge in [0.25, 0.3) is 0 Å². The average molecular weight is 432 g/mol. The lowest BCUT2D eigenvalue weighted by molar-refractivity contribution is 0.122. The first-order valence-electron chi connectivity index (χ1n) is 10.1. The molecule has 0 unspecified atom stereocenters. The van der Waals surface area contributed by atoms with Crippen molar-refractivity contribution in [3.8, 4) is 11.4 Å². The molecule has 2 aliphatic heterocycles. The van der Waals surface area contributed by atoms with E-state index >= 15 is 0 Å². The zero-order valence-electron chi connectivity index (χ0n) is 16.5. The van der Waals surface area contributed by atoms with Crippen molar-refractivity contribution in [2.24, 2.45) is 0 Å². The molecule has 1 aromatic carbocycles. The number of rotatable bonds is 4. The number of hydrogen-bond donors (Lipinski definition) is 4. The molecule has 3 heterocycles. The van der Waals surface area contributed by atoms with Crippen LogP contribution in [0.25, 0.3) is 11.4 Å². The first-order chi connectivity index (χ1) is 14.5. The molecule has 2 aromatic rings. The summed E-state index contributed by atoms with van der Waals surface area (Å²) >= 11 is 0. The van der Waals surface area contributed by atoms with Crippen LogP contribution in [0.3, 0.4) is 0 Å². The van der Waals surface area contributed by atoms with Crippen LogP contribution in [0.5, 0.6) is 0 Å². The predicted molar refractivity (Wildman–Crippen MR) is 116 cm³/mol. The fraction of sp³-hybridized carbons (Fsp3) is 0.450. The molecule has 10 heteroatoms. The first-order valence-corrected chi connectivity index (χ1v) is 12.0. The molecule has 2 fully saturated rings. The van der Waals surface area contributed by atoms with E-state index in [1.807, 2.05) is 24.3 Å². The van der Waals surface area contributed by atoms with Crippen molar-refractivity contribution in [3.63, 3.8) is 0 Å². The van der Waals surface area contributed by atoms with E-state index in [9.17, 15) is 13.9 Å². The number of nitrogens with one attached hydrogen (secondary N) is 2. The quantitative estimate of drug-likeness (QED) is 0.587. The lowest BCUT2D eigenvalue weighted by atomic mass is 10.1. The van der Waals surface area contributed by atoms with Gasteiger partial charge in [0.15, 0.2) is 5.82 Å². The number of nitrogens with zero attached hydrogens (tertiary/aromatic N) is 3. The summed E-state index contributed by atoms with van der Waals surface area (Å²) < 4.78 is 26.0. The Bertz CT molecular complexity index is 958. The fourth-order valence-electron chi connectivity index (χ4n) is 3.73. The van der Waals surface area contributed by atoms with Crippen LogP contribution >= 0.6 is 10.6 Å². The zero-order chi connectivity index (χ0) is 20.7.